The fourth-order valence-electron chi connectivity index (χ4n) is 4.52. The fourth-order valence-corrected chi connectivity index (χ4v) is 5.29. The van der Waals surface area contributed by atoms with Crippen LogP contribution < -0.4 is 20.9 Å². The molecule has 5 rings (SSSR count). The number of rotatable bonds is 6. The smallest absolute Gasteiger partial charge is 0.234 e. The van der Waals surface area contributed by atoms with Gasteiger partial charge in [0.05, 0.1) is 30.1 Å². The molecule has 2 aromatic rings. The maximum atomic E-state index is 12.6. The second-order valence-corrected chi connectivity index (χ2v) is 9.62. The van der Waals surface area contributed by atoms with Crippen molar-refractivity contribution in [3.63, 3.8) is 0 Å². The molecule has 3 atom stereocenters. The molecule has 0 aliphatic carbocycles. The van der Waals surface area contributed by atoms with Crippen LogP contribution in [-0.2, 0) is 4.79 Å². The number of carbonyl (C=O) groups excluding carboxylic acids is 1. The molecule has 1 amide bonds. The summed E-state index contributed by atoms with van der Waals surface area (Å²) in [4.78, 5) is 14.7. The second-order valence-electron chi connectivity index (χ2n) is 8.68. The number of fused-ring (bicyclic) bond motifs is 3. The molecule has 1 saturated heterocycles. The lowest BCUT2D eigenvalue weighted by molar-refractivity contribution is -0.113. The number of anilines is 1. The van der Waals surface area contributed by atoms with Gasteiger partial charge in [-0.1, -0.05) is 42.1 Å². The van der Waals surface area contributed by atoms with Gasteiger partial charge >= 0.3 is 0 Å². The number of ether oxygens (including phenoxy) is 1. The van der Waals surface area contributed by atoms with E-state index in [0.29, 0.717) is 18.0 Å². The molecule has 0 spiro atoms. The quantitative estimate of drug-likeness (QED) is 0.584. The number of hydrogen-bond donors (Lipinski definition) is 3. The largest absolute Gasteiger partial charge is 0.492 e. The number of benzene rings is 2. The molecule has 1 fully saturated rings. The van der Waals surface area contributed by atoms with Crippen molar-refractivity contribution in [1.82, 2.24) is 20.8 Å². The lowest BCUT2D eigenvalue weighted by Crippen LogP contribution is -2.54. The van der Waals surface area contributed by atoms with Crippen molar-refractivity contribution >= 4 is 28.5 Å². The third-order valence-electron chi connectivity index (χ3n) is 6.43. The van der Waals surface area contributed by atoms with Crippen LogP contribution in [0.4, 0.5) is 5.69 Å². The molecule has 0 aromatic heterocycles. The molecule has 3 N–H and O–H groups in total. The van der Waals surface area contributed by atoms with E-state index in [1.807, 2.05) is 37.4 Å². The lowest BCUT2D eigenvalue weighted by atomic mass is 9.97. The summed E-state index contributed by atoms with van der Waals surface area (Å²) in [5.41, 5.74) is 11.5. The monoisotopic (exact) mass is 478 g/mol. The van der Waals surface area contributed by atoms with Crippen LogP contribution in [0.25, 0.3) is 0 Å². The number of thioether (sulfide) groups is 1. The van der Waals surface area contributed by atoms with E-state index in [-0.39, 0.29) is 29.9 Å². The number of hydrazone groups is 1. The van der Waals surface area contributed by atoms with E-state index in [4.69, 9.17) is 4.74 Å². The summed E-state index contributed by atoms with van der Waals surface area (Å²) in [7, 11) is 0. The predicted molar refractivity (Wildman–Crippen MR) is 136 cm³/mol. The molecule has 3 unspecified atom stereocenters. The molecular weight excluding hydrogens is 448 g/mol. The highest BCUT2D eigenvalue weighted by Gasteiger charge is 2.44. The first-order chi connectivity index (χ1) is 16.5. The summed E-state index contributed by atoms with van der Waals surface area (Å²) in [5.74, 6) is 0.841. The number of nitrogens with zero attached hydrogens (tertiary/aromatic N) is 3. The van der Waals surface area contributed by atoms with Gasteiger partial charge in [0.15, 0.2) is 5.17 Å². The molecule has 3 aliphatic heterocycles. The third kappa shape index (κ3) is 4.45. The number of hydrazine groups is 1. The number of para-hydroxylation sites is 2. The van der Waals surface area contributed by atoms with Gasteiger partial charge in [0.2, 0.25) is 5.91 Å². The average Bonchev–Trinajstić information content (AvgIpc) is 3.45. The zero-order chi connectivity index (χ0) is 23.7. The van der Waals surface area contributed by atoms with E-state index in [9.17, 15) is 4.79 Å². The minimum absolute atomic E-state index is 0.0262. The van der Waals surface area contributed by atoms with Gasteiger partial charge in [-0.15, -0.1) is 0 Å². The Labute approximate surface area is 204 Å². The Morgan fingerprint density at radius 1 is 1.21 bits per heavy atom. The number of amides is 1. The first-order valence-electron chi connectivity index (χ1n) is 11.6. The van der Waals surface area contributed by atoms with Crippen LogP contribution >= 0.6 is 11.8 Å². The summed E-state index contributed by atoms with van der Waals surface area (Å²) >= 11 is 1.42. The van der Waals surface area contributed by atoms with Crippen molar-refractivity contribution < 1.29 is 9.53 Å². The molecule has 3 heterocycles. The molecule has 3 aliphatic rings. The highest BCUT2D eigenvalue weighted by Crippen LogP contribution is 2.35. The zero-order valence-corrected chi connectivity index (χ0v) is 20.4. The molecule has 2 aromatic carbocycles. The van der Waals surface area contributed by atoms with Crippen LogP contribution in [0, 0.1) is 13.8 Å². The van der Waals surface area contributed by atoms with Crippen LogP contribution in [-0.4, -0.2) is 45.6 Å². The summed E-state index contributed by atoms with van der Waals surface area (Å²) in [6.07, 6.45) is 5.07. The maximum absolute atomic E-state index is 12.6. The molecule has 34 heavy (non-hydrogen) atoms. The minimum atomic E-state index is -0.0942. The predicted octanol–water partition coefficient (Wildman–Crippen LogP) is 3.68. The van der Waals surface area contributed by atoms with Crippen molar-refractivity contribution in [2.75, 3.05) is 17.7 Å². The van der Waals surface area contributed by atoms with Gasteiger partial charge in [-0.25, -0.2) is 5.43 Å². The number of carbonyl (C=O) groups is 1. The van der Waals surface area contributed by atoms with Crippen molar-refractivity contribution in [2.24, 2.45) is 5.10 Å². The zero-order valence-electron chi connectivity index (χ0n) is 19.6. The molecule has 0 radical (unpaired) electrons. The Bertz CT molecular complexity index is 1140. The van der Waals surface area contributed by atoms with Crippen molar-refractivity contribution in [3.05, 3.63) is 71.6 Å². The number of aryl methyl sites for hydroxylation is 2. The SMILES string of the molecule is CCOc1ccccc1NC(=O)CSC1=NNC2C3CC(c4ccc(C)c(C)c4)NN3C=CN12. The van der Waals surface area contributed by atoms with Crippen LogP contribution in [0.2, 0.25) is 0 Å². The van der Waals surface area contributed by atoms with Crippen LogP contribution in [0.1, 0.15) is 36.1 Å². The first kappa shape index (κ1) is 22.6. The van der Waals surface area contributed by atoms with E-state index in [1.54, 1.807) is 0 Å². The highest BCUT2D eigenvalue weighted by molar-refractivity contribution is 8.14. The Morgan fingerprint density at radius 2 is 2.06 bits per heavy atom. The number of amidine groups is 1. The first-order valence-corrected chi connectivity index (χ1v) is 12.6. The number of nitrogens with one attached hydrogen (secondary N) is 3. The normalized spacial score (nSPS) is 22.7. The molecule has 8 nitrogen and oxygen atoms in total. The van der Waals surface area contributed by atoms with Gasteiger partial charge in [0, 0.05) is 12.4 Å². The van der Waals surface area contributed by atoms with Gasteiger partial charge < -0.3 is 20.0 Å². The topological polar surface area (TPSA) is 81.2 Å². The molecule has 9 heteroatoms. The summed E-state index contributed by atoms with van der Waals surface area (Å²) in [5, 5.41) is 10.5. The Balaban J connectivity index is 1.18. The lowest BCUT2D eigenvalue weighted by Gasteiger charge is -2.36. The van der Waals surface area contributed by atoms with Crippen molar-refractivity contribution in [1.29, 1.82) is 0 Å². The van der Waals surface area contributed by atoms with Crippen molar-refractivity contribution in [2.45, 2.75) is 45.4 Å². The summed E-state index contributed by atoms with van der Waals surface area (Å²) in [6.45, 7) is 6.77. The van der Waals surface area contributed by atoms with Gasteiger partial charge in [0.25, 0.3) is 0 Å². The van der Waals surface area contributed by atoms with Crippen LogP contribution in [0.3, 0.4) is 0 Å². The van der Waals surface area contributed by atoms with Crippen LogP contribution in [0.5, 0.6) is 5.75 Å². The molecule has 0 bridgehead atoms. The van der Waals surface area contributed by atoms with Gasteiger partial charge in [-0.3, -0.25) is 10.2 Å². The second kappa shape index (κ2) is 9.60. The van der Waals surface area contributed by atoms with E-state index in [1.165, 1.54) is 28.5 Å². The van der Waals surface area contributed by atoms with Gasteiger partial charge in [-0.05, 0) is 56.0 Å². The standard InChI is InChI=1S/C25H30N6O2S/c1-4-33-22-8-6-5-7-19(22)26-23(32)15-34-25-28-27-24-21-14-20(29-31(21)12-11-30(24)25)18-10-9-16(2)17(3)13-18/h5-13,20-21,24,27,29H,4,14-15H2,1-3H3,(H,26,32). The Kier molecular flexibility index (Phi) is 6.38. The van der Waals surface area contributed by atoms with Gasteiger partial charge in [0.1, 0.15) is 11.9 Å². The third-order valence-corrected chi connectivity index (χ3v) is 7.40. The Hall–Kier alpha value is -3.17. The van der Waals surface area contributed by atoms with Crippen molar-refractivity contribution in [3.8, 4) is 5.75 Å². The Morgan fingerprint density at radius 3 is 2.88 bits per heavy atom. The van der Waals surface area contributed by atoms with Crippen LogP contribution in [0.15, 0.2) is 60.0 Å². The fraction of sp³-hybridized carbons (Fsp3) is 0.360. The van der Waals surface area contributed by atoms with E-state index < -0.39 is 0 Å². The minimum Gasteiger partial charge on any atom is -0.492 e. The summed E-state index contributed by atoms with van der Waals surface area (Å²) < 4.78 is 5.60. The molecule has 0 saturated carbocycles. The van der Waals surface area contributed by atoms with E-state index >= 15 is 0 Å². The van der Waals surface area contributed by atoms with Gasteiger partial charge in [-0.2, -0.15) is 5.10 Å². The highest BCUT2D eigenvalue weighted by atomic mass is 32.2. The van der Waals surface area contributed by atoms with E-state index in [0.717, 1.165) is 11.6 Å². The molecular formula is C25H30N6O2S. The maximum Gasteiger partial charge on any atom is 0.234 e. The molecule has 178 valence electrons. The average molecular weight is 479 g/mol. The number of hydrogen-bond acceptors (Lipinski definition) is 8. The summed E-state index contributed by atoms with van der Waals surface area (Å²) in [6, 6.07) is 14.6. The van der Waals surface area contributed by atoms with E-state index in [2.05, 4.69) is 69.4 Å².